The molecule has 0 aliphatic carbocycles. The zero-order valence-electron chi connectivity index (χ0n) is 13.7. The van der Waals surface area contributed by atoms with Gasteiger partial charge in [-0.15, -0.1) is 0 Å². The van der Waals surface area contributed by atoms with Crippen LogP contribution in [-0.2, 0) is 9.59 Å². The highest BCUT2D eigenvalue weighted by molar-refractivity contribution is 5.94. The standard InChI is InChI=1S/C16H25N3O2/c1-11-8-7-9-12(2)15(11)17-14(20)10-19(6)13(3)16(21)18(4)5/h7-9,13H,10H2,1-6H3,(H,17,20). The van der Waals surface area contributed by atoms with Crippen molar-refractivity contribution >= 4 is 17.5 Å². The van der Waals surface area contributed by atoms with Crippen LogP contribution in [0.25, 0.3) is 0 Å². The number of carbonyl (C=O) groups is 2. The molecular formula is C16H25N3O2. The van der Waals surface area contributed by atoms with Gasteiger partial charge in [-0.2, -0.15) is 0 Å². The topological polar surface area (TPSA) is 52.7 Å². The quantitative estimate of drug-likeness (QED) is 0.897. The third-order valence-electron chi connectivity index (χ3n) is 3.60. The first kappa shape index (κ1) is 17.2. The molecule has 116 valence electrons. The van der Waals surface area contributed by atoms with Gasteiger partial charge in [-0.05, 0) is 38.9 Å². The second kappa shape index (κ2) is 7.22. The molecule has 0 aromatic heterocycles. The molecular weight excluding hydrogens is 266 g/mol. The lowest BCUT2D eigenvalue weighted by Crippen LogP contribution is -2.45. The summed E-state index contributed by atoms with van der Waals surface area (Å²) in [7, 11) is 5.20. The predicted octanol–water partition coefficient (Wildman–Crippen LogP) is 1.65. The van der Waals surface area contributed by atoms with Crippen LogP contribution >= 0.6 is 0 Å². The van der Waals surface area contributed by atoms with Crippen LogP contribution in [0.15, 0.2) is 18.2 Å². The molecule has 0 spiro atoms. The van der Waals surface area contributed by atoms with Crippen molar-refractivity contribution in [2.45, 2.75) is 26.8 Å². The van der Waals surface area contributed by atoms with Gasteiger partial charge in [0.2, 0.25) is 11.8 Å². The SMILES string of the molecule is Cc1cccc(C)c1NC(=O)CN(C)C(C)C(=O)N(C)C. The molecule has 5 nitrogen and oxygen atoms in total. The molecule has 1 aromatic carbocycles. The van der Waals surface area contributed by atoms with E-state index in [9.17, 15) is 9.59 Å². The summed E-state index contributed by atoms with van der Waals surface area (Å²) in [6, 6.07) is 5.56. The number of hydrogen-bond donors (Lipinski definition) is 1. The normalized spacial score (nSPS) is 12.1. The number of anilines is 1. The van der Waals surface area contributed by atoms with E-state index in [1.807, 2.05) is 32.0 Å². The Bertz CT molecular complexity index is 506. The number of carbonyl (C=O) groups excluding carboxylic acids is 2. The number of rotatable bonds is 5. The average Bonchev–Trinajstić information content (AvgIpc) is 2.41. The number of benzene rings is 1. The van der Waals surface area contributed by atoms with Crippen LogP contribution in [0.3, 0.4) is 0 Å². The smallest absolute Gasteiger partial charge is 0.239 e. The summed E-state index contributed by atoms with van der Waals surface area (Å²) in [6.45, 7) is 5.90. The summed E-state index contributed by atoms with van der Waals surface area (Å²) in [5, 5.41) is 2.93. The van der Waals surface area contributed by atoms with Crippen molar-refractivity contribution in [3.63, 3.8) is 0 Å². The predicted molar refractivity (Wildman–Crippen MR) is 85.3 cm³/mol. The van der Waals surface area contributed by atoms with Crippen molar-refractivity contribution < 1.29 is 9.59 Å². The molecule has 0 saturated carbocycles. The Morgan fingerprint density at radius 1 is 1.14 bits per heavy atom. The molecule has 1 rings (SSSR count). The Hall–Kier alpha value is -1.88. The van der Waals surface area contributed by atoms with Gasteiger partial charge in [0.05, 0.1) is 12.6 Å². The summed E-state index contributed by atoms with van der Waals surface area (Å²) in [6.07, 6.45) is 0. The third-order valence-corrected chi connectivity index (χ3v) is 3.60. The Kier molecular flexibility index (Phi) is 5.90. The van der Waals surface area contributed by atoms with E-state index in [0.29, 0.717) is 0 Å². The number of nitrogens with zero attached hydrogens (tertiary/aromatic N) is 2. The van der Waals surface area contributed by atoms with E-state index in [1.54, 1.807) is 33.0 Å². The number of nitrogens with one attached hydrogen (secondary N) is 1. The minimum Gasteiger partial charge on any atom is -0.347 e. The van der Waals surface area contributed by atoms with Crippen molar-refractivity contribution in [1.29, 1.82) is 0 Å². The van der Waals surface area contributed by atoms with Crippen LogP contribution in [0.1, 0.15) is 18.1 Å². The van der Waals surface area contributed by atoms with Crippen LogP contribution in [0.4, 0.5) is 5.69 Å². The average molecular weight is 291 g/mol. The molecule has 0 aliphatic heterocycles. The lowest BCUT2D eigenvalue weighted by molar-refractivity contribution is -0.133. The Labute approximate surface area is 126 Å². The maximum atomic E-state index is 12.1. The first-order valence-electron chi connectivity index (χ1n) is 7.01. The minimum absolute atomic E-state index is 0.0163. The maximum Gasteiger partial charge on any atom is 0.239 e. The molecule has 0 aliphatic rings. The van der Waals surface area contributed by atoms with Crippen LogP contribution in [0.5, 0.6) is 0 Å². The molecule has 1 aromatic rings. The highest BCUT2D eigenvalue weighted by Gasteiger charge is 2.21. The first-order chi connectivity index (χ1) is 9.73. The number of aryl methyl sites for hydroxylation is 2. The van der Waals surface area contributed by atoms with Crippen molar-refractivity contribution in [1.82, 2.24) is 9.80 Å². The van der Waals surface area contributed by atoms with E-state index in [2.05, 4.69) is 5.32 Å². The maximum absolute atomic E-state index is 12.1. The summed E-state index contributed by atoms with van der Waals surface area (Å²) in [5.41, 5.74) is 2.91. The van der Waals surface area contributed by atoms with Gasteiger partial charge < -0.3 is 10.2 Å². The fourth-order valence-electron chi connectivity index (χ4n) is 2.12. The summed E-state index contributed by atoms with van der Waals surface area (Å²) in [4.78, 5) is 27.3. The van der Waals surface area contributed by atoms with Crippen LogP contribution < -0.4 is 5.32 Å². The van der Waals surface area contributed by atoms with E-state index < -0.39 is 0 Å². The Morgan fingerprint density at radius 2 is 1.67 bits per heavy atom. The molecule has 5 heteroatoms. The van der Waals surface area contributed by atoms with Crippen LogP contribution in [0, 0.1) is 13.8 Å². The second-order valence-electron chi connectivity index (χ2n) is 5.64. The molecule has 1 unspecified atom stereocenters. The van der Waals surface area contributed by atoms with E-state index >= 15 is 0 Å². The molecule has 0 radical (unpaired) electrons. The highest BCUT2D eigenvalue weighted by Crippen LogP contribution is 2.19. The monoisotopic (exact) mass is 291 g/mol. The Morgan fingerprint density at radius 3 is 2.14 bits per heavy atom. The molecule has 1 N–H and O–H groups in total. The van der Waals surface area contributed by atoms with Gasteiger partial charge >= 0.3 is 0 Å². The molecule has 1 atom stereocenters. The van der Waals surface area contributed by atoms with Crippen LogP contribution in [0.2, 0.25) is 0 Å². The lowest BCUT2D eigenvalue weighted by atomic mass is 10.1. The molecule has 0 fully saturated rings. The zero-order valence-corrected chi connectivity index (χ0v) is 13.7. The highest BCUT2D eigenvalue weighted by atomic mass is 16.2. The van der Waals surface area contributed by atoms with Gasteiger partial charge in [0.1, 0.15) is 0 Å². The van der Waals surface area contributed by atoms with Gasteiger partial charge in [0.25, 0.3) is 0 Å². The molecule has 0 saturated heterocycles. The molecule has 0 bridgehead atoms. The molecule has 0 heterocycles. The van der Waals surface area contributed by atoms with Gasteiger partial charge in [-0.25, -0.2) is 0 Å². The van der Waals surface area contributed by atoms with E-state index in [-0.39, 0.29) is 24.4 Å². The van der Waals surface area contributed by atoms with Crippen molar-refractivity contribution in [2.24, 2.45) is 0 Å². The van der Waals surface area contributed by atoms with Gasteiger partial charge in [0, 0.05) is 19.8 Å². The Balaban J connectivity index is 2.68. The fraction of sp³-hybridized carbons (Fsp3) is 0.500. The van der Waals surface area contributed by atoms with E-state index in [0.717, 1.165) is 16.8 Å². The van der Waals surface area contributed by atoms with Gasteiger partial charge in [-0.3, -0.25) is 14.5 Å². The second-order valence-corrected chi connectivity index (χ2v) is 5.64. The van der Waals surface area contributed by atoms with Crippen molar-refractivity contribution in [3.05, 3.63) is 29.3 Å². The number of likely N-dealkylation sites (N-methyl/N-ethyl adjacent to an activating group) is 2. The van der Waals surface area contributed by atoms with E-state index in [1.165, 1.54) is 4.90 Å². The third kappa shape index (κ3) is 4.56. The zero-order chi connectivity index (χ0) is 16.2. The summed E-state index contributed by atoms with van der Waals surface area (Å²) in [5.74, 6) is -0.134. The van der Waals surface area contributed by atoms with E-state index in [4.69, 9.17) is 0 Å². The van der Waals surface area contributed by atoms with Crippen molar-refractivity contribution in [2.75, 3.05) is 33.0 Å². The van der Waals surface area contributed by atoms with Gasteiger partial charge in [-0.1, -0.05) is 18.2 Å². The largest absolute Gasteiger partial charge is 0.347 e. The first-order valence-corrected chi connectivity index (χ1v) is 7.01. The summed E-state index contributed by atoms with van der Waals surface area (Å²) < 4.78 is 0. The van der Waals surface area contributed by atoms with Crippen LogP contribution in [-0.4, -0.2) is 55.3 Å². The summed E-state index contributed by atoms with van der Waals surface area (Å²) >= 11 is 0. The number of para-hydroxylation sites is 1. The fourth-order valence-corrected chi connectivity index (χ4v) is 2.12. The minimum atomic E-state index is -0.330. The van der Waals surface area contributed by atoms with Gasteiger partial charge in [0.15, 0.2) is 0 Å². The molecule has 2 amide bonds. The molecule has 21 heavy (non-hydrogen) atoms. The number of hydrogen-bond acceptors (Lipinski definition) is 3. The lowest BCUT2D eigenvalue weighted by Gasteiger charge is -2.26. The van der Waals surface area contributed by atoms with Crippen molar-refractivity contribution in [3.8, 4) is 0 Å². The number of amides is 2.